The van der Waals surface area contributed by atoms with Gasteiger partial charge in [-0.15, -0.1) is 0 Å². The zero-order valence-electron chi connectivity index (χ0n) is 27.0. The number of halogens is 2. The lowest BCUT2D eigenvalue weighted by Crippen LogP contribution is -2.53. The Balaban J connectivity index is 1.08. The lowest BCUT2D eigenvalue weighted by atomic mass is 9.98. The number of phenols is 1. The molecule has 258 valence electrons. The Bertz CT molecular complexity index is 1670. The Kier molecular flexibility index (Phi) is 11.2. The summed E-state index contributed by atoms with van der Waals surface area (Å²) in [7, 11) is 0. The number of phenolic OH excluding ortho intramolecular Hbond substituents is 1. The van der Waals surface area contributed by atoms with E-state index in [1.165, 1.54) is 12.1 Å². The number of hydrogen-bond donors (Lipinski definition) is 3. The van der Waals surface area contributed by atoms with E-state index in [-0.39, 0.29) is 48.2 Å². The Labute approximate surface area is 302 Å². The number of urea groups is 1. The van der Waals surface area contributed by atoms with Crippen molar-refractivity contribution >= 4 is 66.9 Å². The summed E-state index contributed by atoms with van der Waals surface area (Å²) >= 11 is 6.56. The number of piperazine rings is 1. The van der Waals surface area contributed by atoms with E-state index in [9.17, 15) is 24.3 Å². The van der Waals surface area contributed by atoms with Crippen LogP contribution >= 0.6 is 31.9 Å². The number of Topliss-reactive ketones (excluding diaryl/α,β-unsaturated/α-hetero) is 1. The fourth-order valence-corrected chi connectivity index (χ4v) is 7.94. The van der Waals surface area contributed by atoms with Crippen molar-refractivity contribution in [2.45, 2.75) is 37.8 Å². The van der Waals surface area contributed by atoms with E-state index in [0.717, 1.165) is 36.4 Å². The van der Waals surface area contributed by atoms with Crippen LogP contribution in [-0.2, 0) is 16.0 Å². The normalized spacial score (nSPS) is 17.9. The molecule has 0 spiro atoms. The second-order valence-electron chi connectivity index (χ2n) is 12.6. The number of ketones is 1. The predicted molar refractivity (Wildman–Crippen MR) is 193 cm³/mol. The number of piperidine rings is 1. The molecule has 4 amide bonds. The number of rotatable bonds is 9. The van der Waals surface area contributed by atoms with Gasteiger partial charge in [-0.05, 0) is 87.0 Å². The Morgan fingerprint density at radius 3 is 2.31 bits per heavy atom. The molecule has 0 aliphatic carbocycles. The van der Waals surface area contributed by atoms with Gasteiger partial charge < -0.3 is 30.4 Å². The molecule has 12 nitrogen and oxygen atoms in total. The fraction of sp³-hybridized carbons (Fsp3) is 0.400. The number of benzene rings is 2. The minimum absolute atomic E-state index is 0.0128. The molecule has 14 heteroatoms. The van der Waals surface area contributed by atoms with Gasteiger partial charge in [0.05, 0.1) is 21.9 Å². The van der Waals surface area contributed by atoms with E-state index in [1.54, 1.807) is 17.3 Å². The largest absolute Gasteiger partial charge is 0.506 e. The van der Waals surface area contributed by atoms with Gasteiger partial charge in [-0.2, -0.15) is 0 Å². The molecule has 3 aromatic rings. The number of aromatic hydroxyl groups is 1. The molecule has 0 bridgehead atoms. The molecular formula is C35H39Br2N7O5. The number of amides is 4. The molecule has 2 saturated heterocycles. The Morgan fingerprint density at radius 1 is 0.939 bits per heavy atom. The van der Waals surface area contributed by atoms with Gasteiger partial charge >= 0.3 is 6.03 Å². The van der Waals surface area contributed by atoms with Crippen LogP contribution in [0.25, 0.3) is 0 Å². The molecule has 3 N–H and O–H groups in total. The molecule has 49 heavy (non-hydrogen) atoms. The van der Waals surface area contributed by atoms with Crippen LogP contribution in [0.2, 0.25) is 0 Å². The molecular weight excluding hydrogens is 758 g/mol. The number of carbonyl (C=O) groups excluding carboxylic acids is 4. The van der Waals surface area contributed by atoms with Crippen LogP contribution in [0.1, 0.15) is 35.2 Å². The highest BCUT2D eigenvalue weighted by Crippen LogP contribution is 2.34. The minimum Gasteiger partial charge on any atom is -0.506 e. The van der Waals surface area contributed by atoms with Crippen molar-refractivity contribution in [1.82, 2.24) is 25.0 Å². The van der Waals surface area contributed by atoms with Gasteiger partial charge in [0.1, 0.15) is 11.8 Å². The number of carbonyl (C=O) groups is 4. The summed E-state index contributed by atoms with van der Waals surface area (Å²) in [6.07, 6.45) is 5.29. The summed E-state index contributed by atoms with van der Waals surface area (Å²) in [5, 5.41) is 16.1. The number of pyridine rings is 1. The van der Waals surface area contributed by atoms with E-state index in [4.69, 9.17) is 0 Å². The number of fused-ring (bicyclic) bond motifs is 1. The van der Waals surface area contributed by atoms with Crippen molar-refractivity contribution in [3.8, 4) is 5.75 Å². The Hall–Kier alpha value is -4.01. The highest BCUT2D eigenvalue weighted by atomic mass is 79.9. The van der Waals surface area contributed by atoms with Crippen LogP contribution in [0.4, 0.5) is 16.2 Å². The molecule has 3 aliphatic rings. The average Bonchev–Trinajstić information content (AvgIpc) is 3.28. The predicted octanol–water partition coefficient (Wildman–Crippen LogP) is 4.27. The minimum atomic E-state index is -1.10. The van der Waals surface area contributed by atoms with Gasteiger partial charge in [0.25, 0.3) is 0 Å². The molecule has 0 unspecified atom stereocenters. The van der Waals surface area contributed by atoms with Crippen molar-refractivity contribution in [3.63, 3.8) is 0 Å². The fourth-order valence-electron chi connectivity index (χ4n) is 6.75. The second kappa shape index (κ2) is 15.7. The number of likely N-dealkylation sites (tertiary alicyclic amines) is 1. The quantitative estimate of drug-likeness (QED) is 0.273. The maximum atomic E-state index is 13.8. The summed E-state index contributed by atoms with van der Waals surface area (Å²) in [4.78, 5) is 65.9. The summed E-state index contributed by atoms with van der Waals surface area (Å²) in [6.45, 7) is 4.40. The molecule has 3 aliphatic heterocycles. The van der Waals surface area contributed by atoms with Crippen molar-refractivity contribution in [3.05, 3.63) is 81.0 Å². The van der Waals surface area contributed by atoms with E-state index in [0.29, 0.717) is 54.5 Å². The zero-order chi connectivity index (χ0) is 34.5. The number of nitrogens with zero attached hydrogens (tertiary/aromatic N) is 5. The molecule has 6 rings (SSSR count). The topological polar surface area (TPSA) is 138 Å². The smallest absolute Gasteiger partial charge is 0.322 e. The highest BCUT2D eigenvalue weighted by Gasteiger charge is 2.34. The van der Waals surface area contributed by atoms with E-state index in [1.807, 2.05) is 46.2 Å². The first-order valence-electron chi connectivity index (χ1n) is 16.5. The maximum absolute atomic E-state index is 13.8. The number of aromatic nitrogens is 1. The third-order valence-corrected chi connectivity index (χ3v) is 10.7. The van der Waals surface area contributed by atoms with Crippen molar-refractivity contribution < 1.29 is 24.3 Å². The van der Waals surface area contributed by atoms with Crippen LogP contribution in [0.5, 0.6) is 5.75 Å². The van der Waals surface area contributed by atoms with Crippen molar-refractivity contribution in [2.24, 2.45) is 0 Å². The standard InChI is InChI=1S/C35H39Br2N7O5/c36-27-19-24(20-28(37)34(27)48)33(47)30(39-31(45)22-41-15-17-42(18-16-41)25-5-10-38-11-6-25)21-32(46)43-12-8-26(9-13-43)44-14-7-23-3-1-2-4-29(23)40-35(44)49/h1-6,10-11,19-20,26,30,48H,7-9,12-18,21-22H2,(H,39,45)(H,40,49)/t30-/m1/s1. The SMILES string of the molecule is O=C(CN1CCN(c2ccncc2)CC1)N[C@H](CC(=O)N1CCC(N2CCc3ccccc3NC2=O)CC1)C(=O)c1cc(Br)c(O)c(Br)c1. The van der Waals surface area contributed by atoms with Crippen LogP contribution in [0.15, 0.2) is 69.9 Å². The van der Waals surface area contributed by atoms with Gasteiger partial charge in [0, 0.05) is 81.2 Å². The number of anilines is 2. The number of hydrogen-bond acceptors (Lipinski definition) is 8. The zero-order valence-corrected chi connectivity index (χ0v) is 30.2. The summed E-state index contributed by atoms with van der Waals surface area (Å²) in [5.74, 6) is -1.06. The summed E-state index contributed by atoms with van der Waals surface area (Å²) in [5.41, 5.74) is 3.26. The van der Waals surface area contributed by atoms with Gasteiger partial charge in [-0.1, -0.05) is 18.2 Å². The van der Waals surface area contributed by atoms with Crippen LogP contribution in [0, 0.1) is 0 Å². The number of nitrogens with one attached hydrogen (secondary N) is 2. The summed E-state index contributed by atoms with van der Waals surface area (Å²) < 4.78 is 0.632. The third-order valence-electron chi connectivity index (χ3n) is 9.50. The van der Waals surface area contributed by atoms with E-state index < -0.39 is 11.8 Å². The molecule has 1 atom stereocenters. The first-order chi connectivity index (χ1) is 23.7. The Morgan fingerprint density at radius 2 is 1.61 bits per heavy atom. The van der Waals surface area contributed by atoms with Gasteiger partial charge in [-0.25, -0.2) is 4.79 Å². The lowest BCUT2D eigenvalue weighted by Gasteiger charge is -2.38. The number of para-hydroxylation sites is 1. The maximum Gasteiger partial charge on any atom is 0.322 e. The van der Waals surface area contributed by atoms with Crippen LogP contribution < -0.4 is 15.5 Å². The van der Waals surface area contributed by atoms with E-state index in [2.05, 4.69) is 52.4 Å². The first kappa shape index (κ1) is 34.8. The first-order valence-corrected chi connectivity index (χ1v) is 18.1. The van der Waals surface area contributed by atoms with Crippen LogP contribution in [0.3, 0.4) is 0 Å². The second-order valence-corrected chi connectivity index (χ2v) is 14.3. The monoisotopic (exact) mass is 795 g/mol. The van der Waals surface area contributed by atoms with Gasteiger partial charge in [0.15, 0.2) is 5.78 Å². The van der Waals surface area contributed by atoms with Gasteiger partial charge in [-0.3, -0.25) is 24.3 Å². The molecule has 2 fully saturated rings. The molecule has 4 heterocycles. The van der Waals surface area contributed by atoms with Gasteiger partial charge in [0.2, 0.25) is 11.8 Å². The molecule has 0 saturated carbocycles. The summed E-state index contributed by atoms with van der Waals surface area (Å²) in [6, 6.07) is 13.5. The molecule has 1 aromatic heterocycles. The van der Waals surface area contributed by atoms with Crippen molar-refractivity contribution in [2.75, 3.05) is 62.6 Å². The van der Waals surface area contributed by atoms with Crippen LogP contribution in [-0.4, -0.2) is 113 Å². The van der Waals surface area contributed by atoms with E-state index >= 15 is 0 Å². The van der Waals surface area contributed by atoms with Crippen molar-refractivity contribution in [1.29, 1.82) is 0 Å². The highest BCUT2D eigenvalue weighted by molar-refractivity contribution is 9.11. The lowest BCUT2D eigenvalue weighted by molar-refractivity contribution is -0.133. The molecule has 0 radical (unpaired) electrons. The third kappa shape index (κ3) is 8.42. The average molecular weight is 798 g/mol. The molecule has 2 aromatic carbocycles.